The van der Waals surface area contributed by atoms with E-state index >= 15 is 0 Å². The molecule has 4 nitrogen and oxygen atoms in total. The fourth-order valence-corrected chi connectivity index (χ4v) is 1.79. The standard InChI is InChI=1S/C14H15N3O/c1-10(2)8-17-14(15)12(9-18)13(16-17)11-6-4-3-5-7-11/h3-7,9H,1,8,15H2,2H3. The summed E-state index contributed by atoms with van der Waals surface area (Å²) in [4.78, 5) is 11.2. The lowest BCUT2D eigenvalue weighted by Crippen LogP contribution is -2.05. The Labute approximate surface area is 106 Å². The summed E-state index contributed by atoms with van der Waals surface area (Å²) in [6.45, 7) is 6.23. The number of nitrogens with zero attached hydrogens (tertiary/aromatic N) is 2. The second-order valence-corrected chi connectivity index (χ2v) is 4.25. The molecule has 1 aromatic carbocycles. The highest BCUT2D eigenvalue weighted by molar-refractivity contribution is 5.91. The number of carbonyl (C=O) groups is 1. The number of benzene rings is 1. The van der Waals surface area contributed by atoms with E-state index in [1.165, 1.54) is 0 Å². The number of allylic oxidation sites excluding steroid dienone is 1. The monoisotopic (exact) mass is 241 g/mol. The fraction of sp³-hybridized carbons (Fsp3) is 0.143. The SMILES string of the molecule is C=C(C)Cn1nc(-c2ccccc2)c(C=O)c1N. The summed E-state index contributed by atoms with van der Waals surface area (Å²) in [6, 6.07) is 9.52. The maximum atomic E-state index is 11.2. The van der Waals surface area contributed by atoms with Crippen molar-refractivity contribution in [2.45, 2.75) is 13.5 Å². The average Bonchev–Trinajstić information content (AvgIpc) is 2.67. The lowest BCUT2D eigenvalue weighted by molar-refractivity contribution is 0.112. The number of aldehydes is 1. The summed E-state index contributed by atoms with van der Waals surface area (Å²) >= 11 is 0. The van der Waals surface area contributed by atoms with Crippen LogP contribution in [-0.4, -0.2) is 16.1 Å². The lowest BCUT2D eigenvalue weighted by Gasteiger charge is -2.02. The minimum absolute atomic E-state index is 0.381. The highest BCUT2D eigenvalue weighted by Gasteiger charge is 2.16. The van der Waals surface area contributed by atoms with Gasteiger partial charge < -0.3 is 5.73 Å². The maximum absolute atomic E-state index is 11.2. The smallest absolute Gasteiger partial charge is 0.156 e. The molecular weight excluding hydrogens is 226 g/mol. The zero-order chi connectivity index (χ0) is 13.1. The van der Waals surface area contributed by atoms with Crippen LogP contribution in [0.3, 0.4) is 0 Å². The molecule has 0 aliphatic carbocycles. The predicted octanol–water partition coefficient (Wildman–Crippen LogP) is 2.52. The number of carbonyl (C=O) groups excluding carboxylic acids is 1. The second-order valence-electron chi connectivity index (χ2n) is 4.25. The molecule has 0 aliphatic heterocycles. The Bertz CT molecular complexity index is 585. The number of nitrogens with two attached hydrogens (primary N) is 1. The van der Waals surface area contributed by atoms with Gasteiger partial charge in [-0.05, 0) is 6.92 Å². The Morgan fingerprint density at radius 3 is 2.67 bits per heavy atom. The van der Waals surface area contributed by atoms with Gasteiger partial charge in [-0.15, -0.1) is 0 Å². The summed E-state index contributed by atoms with van der Waals surface area (Å²) in [6.07, 6.45) is 0.750. The molecule has 0 unspecified atom stereocenters. The van der Waals surface area contributed by atoms with E-state index in [9.17, 15) is 4.79 Å². The Kier molecular flexibility index (Phi) is 3.28. The first kappa shape index (κ1) is 12.1. The number of hydrogen-bond donors (Lipinski definition) is 1. The van der Waals surface area contributed by atoms with Gasteiger partial charge in [-0.2, -0.15) is 5.10 Å². The molecular formula is C14H15N3O. The van der Waals surface area contributed by atoms with Crippen molar-refractivity contribution in [3.63, 3.8) is 0 Å². The number of aromatic nitrogens is 2. The molecule has 2 N–H and O–H groups in total. The first-order chi connectivity index (χ1) is 8.63. The van der Waals surface area contributed by atoms with Crippen LogP contribution in [0.15, 0.2) is 42.5 Å². The molecule has 0 atom stereocenters. The maximum Gasteiger partial charge on any atom is 0.156 e. The van der Waals surface area contributed by atoms with Crippen molar-refractivity contribution in [2.24, 2.45) is 0 Å². The van der Waals surface area contributed by atoms with Crippen molar-refractivity contribution in [1.82, 2.24) is 9.78 Å². The van der Waals surface area contributed by atoms with Gasteiger partial charge in [0.2, 0.25) is 0 Å². The van der Waals surface area contributed by atoms with Gasteiger partial charge in [0, 0.05) is 5.56 Å². The van der Waals surface area contributed by atoms with E-state index in [2.05, 4.69) is 11.7 Å². The van der Waals surface area contributed by atoms with E-state index in [1.54, 1.807) is 4.68 Å². The first-order valence-corrected chi connectivity index (χ1v) is 5.64. The average molecular weight is 241 g/mol. The summed E-state index contributed by atoms with van der Waals surface area (Å²) in [5.41, 5.74) is 8.79. The van der Waals surface area contributed by atoms with Crippen LogP contribution in [0.25, 0.3) is 11.3 Å². The Hall–Kier alpha value is -2.36. The molecule has 92 valence electrons. The highest BCUT2D eigenvalue weighted by Crippen LogP contribution is 2.25. The number of rotatable bonds is 4. The van der Waals surface area contributed by atoms with Crippen molar-refractivity contribution in [3.8, 4) is 11.3 Å². The molecule has 0 saturated heterocycles. The van der Waals surface area contributed by atoms with Gasteiger partial charge in [-0.1, -0.05) is 42.5 Å². The Morgan fingerprint density at radius 1 is 1.44 bits per heavy atom. The van der Waals surface area contributed by atoms with Crippen molar-refractivity contribution < 1.29 is 4.79 Å². The number of nitrogen functional groups attached to an aromatic ring is 1. The molecule has 1 aromatic heterocycles. The third-order valence-electron chi connectivity index (χ3n) is 2.61. The molecule has 0 saturated carbocycles. The summed E-state index contributed by atoms with van der Waals surface area (Å²) < 4.78 is 1.61. The molecule has 0 radical (unpaired) electrons. The van der Waals surface area contributed by atoms with Gasteiger partial charge in [-0.3, -0.25) is 4.79 Å². The molecule has 2 rings (SSSR count). The van der Waals surface area contributed by atoms with Crippen LogP contribution in [0.4, 0.5) is 5.82 Å². The normalized spacial score (nSPS) is 10.3. The summed E-state index contributed by atoms with van der Waals surface area (Å²) in [7, 11) is 0. The van der Waals surface area contributed by atoms with Gasteiger partial charge in [0.25, 0.3) is 0 Å². The minimum Gasteiger partial charge on any atom is -0.383 e. The van der Waals surface area contributed by atoms with Crippen LogP contribution in [0.2, 0.25) is 0 Å². The van der Waals surface area contributed by atoms with Gasteiger partial charge in [0.15, 0.2) is 6.29 Å². The van der Waals surface area contributed by atoms with Crippen molar-refractivity contribution in [3.05, 3.63) is 48.0 Å². The van der Waals surface area contributed by atoms with E-state index < -0.39 is 0 Å². The zero-order valence-corrected chi connectivity index (χ0v) is 10.3. The molecule has 4 heteroatoms. The Morgan fingerprint density at radius 2 is 2.11 bits per heavy atom. The van der Waals surface area contributed by atoms with Crippen LogP contribution >= 0.6 is 0 Å². The molecule has 0 amide bonds. The highest BCUT2D eigenvalue weighted by atomic mass is 16.1. The van der Waals surface area contributed by atoms with Crippen LogP contribution in [0.1, 0.15) is 17.3 Å². The van der Waals surface area contributed by atoms with Gasteiger partial charge in [0.1, 0.15) is 11.5 Å². The summed E-state index contributed by atoms with van der Waals surface area (Å²) in [5, 5.41) is 4.39. The Balaban J connectivity index is 2.54. The second kappa shape index (κ2) is 4.87. The van der Waals surface area contributed by atoms with Crippen molar-refractivity contribution in [2.75, 3.05) is 5.73 Å². The van der Waals surface area contributed by atoms with E-state index in [0.717, 1.165) is 17.4 Å². The first-order valence-electron chi connectivity index (χ1n) is 5.64. The summed E-state index contributed by atoms with van der Waals surface area (Å²) in [5.74, 6) is 0.381. The van der Waals surface area contributed by atoms with Crippen LogP contribution in [0.5, 0.6) is 0 Å². The molecule has 18 heavy (non-hydrogen) atoms. The molecule has 1 heterocycles. The third-order valence-corrected chi connectivity index (χ3v) is 2.61. The minimum atomic E-state index is 0.381. The molecule has 0 aliphatic rings. The van der Waals surface area contributed by atoms with Crippen molar-refractivity contribution in [1.29, 1.82) is 0 Å². The fourth-order valence-electron chi connectivity index (χ4n) is 1.79. The van der Waals surface area contributed by atoms with Gasteiger partial charge in [0.05, 0.1) is 12.1 Å². The molecule has 0 spiro atoms. The number of anilines is 1. The number of hydrogen-bond acceptors (Lipinski definition) is 3. The van der Waals surface area contributed by atoms with E-state index in [4.69, 9.17) is 5.73 Å². The van der Waals surface area contributed by atoms with E-state index in [0.29, 0.717) is 23.6 Å². The molecule has 2 aromatic rings. The lowest BCUT2D eigenvalue weighted by atomic mass is 10.1. The van der Waals surface area contributed by atoms with Crippen LogP contribution in [-0.2, 0) is 6.54 Å². The quantitative estimate of drug-likeness (QED) is 0.661. The van der Waals surface area contributed by atoms with Gasteiger partial charge in [-0.25, -0.2) is 4.68 Å². The molecule has 0 bridgehead atoms. The third kappa shape index (κ3) is 2.18. The predicted molar refractivity (Wildman–Crippen MR) is 72.3 cm³/mol. The van der Waals surface area contributed by atoms with Crippen LogP contribution in [0, 0.1) is 0 Å². The van der Waals surface area contributed by atoms with E-state index in [1.807, 2.05) is 37.3 Å². The van der Waals surface area contributed by atoms with Crippen molar-refractivity contribution >= 4 is 12.1 Å². The van der Waals surface area contributed by atoms with Crippen LogP contribution < -0.4 is 5.73 Å². The zero-order valence-electron chi connectivity index (χ0n) is 10.3. The topological polar surface area (TPSA) is 60.9 Å². The van der Waals surface area contributed by atoms with Gasteiger partial charge >= 0.3 is 0 Å². The van der Waals surface area contributed by atoms with E-state index in [-0.39, 0.29) is 0 Å². The molecule has 0 fully saturated rings. The largest absolute Gasteiger partial charge is 0.383 e.